The van der Waals surface area contributed by atoms with Gasteiger partial charge < -0.3 is 0 Å². The molecule has 0 bridgehead atoms. The van der Waals surface area contributed by atoms with Gasteiger partial charge in [-0.2, -0.15) is 0 Å². The first-order chi connectivity index (χ1) is 11.4. The van der Waals surface area contributed by atoms with E-state index in [4.69, 9.17) is 0 Å². The molecule has 2 aromatic carbocycles. The summed E-state index contributed by atoms with van der Waals surface area (Å²) in [6.45, 7) is 4.17. The van der Waals surface area contributed by atoms with Gasteiger partial charge in [0, 0.05) is 6.20 Å². The molecule has 0 unspecified atom stereocenters. The Morgan fingerprint density at radius 2 is 1.71 bits per heavy atom. The van der Waals surface area contributed by atoms with Crippen LogP contribution >= 0.6 is 0 Å². The van der Waals surface area contributed by atoms with E-state index in [2.05, 4.69) is 13.0 Å². The van der Waals surface area contributed by atoms with Crippen LogP contribution in [0.5, 0.6) is 0 Å². The fourth-order valence-electron chi connectivity index (χ4n) is 3.68. The van der Waals surface area contributed by atoms with Crippen molar-refractivity contribution in [2.45, 2.75) is 31.2 Å². The van der Waals surface area contributed by atoms with E-state index in [0.717, 1.165) is 17.5 Å². The molecule has 1 fully saturated rings. The monoisotopic (exact) mass is 339 g/mol. The van der Waals surface area contributed by atoms with Crippen molar-refractivity contribution in [1.29, 1.82) is 0 Å². The lowest BCUT2D eigenvalue weighted by Crippen LogP contribution is -2.35. The molecular weight excluding hydrogens is 318 g/mol. The summed E-state index contributed by atoms with van der Waals surface area (Å²) in [5.74, 6) is 0.338. The Labute approximate surface area is 143 Å². The molecule has 24 heavy (non-hydrogen) atoms. The van der Waals surface area contributed by atoms with Gasteiger partial charge in [0.05, 0.1) is 10.9 Å². The molecule has 124 valence electrons. The second kappa shape index (κ2) is 5.21. The average Bonchev–Trinajstić information content (AvgIpc) is 3.26. The molecule has 3 atom stereocenters. The largest absolute Gasteiger partial charge is 0.266 e. The highest BCUT2D eigenvalue weighted by Crippen LogP contribution is 2.63. The van der Waals surface area contributed by atoms with Gasteiger partial charge in [-0.25, -0.2) is 8.42 Å². The molecule has 1 aliphatic heterocycles. The Kier molecular flexibility index (Phi) is 3.36. The number of aryl methyl sites for hydroxylation is 1. The lowest BCUT2D eigenvalue weighted by atomic mass is 9.93. The maximum Gasteiger partial charge on any atom is 0.264 e. The predicted octanol–water partition coefficient (Wildman–Crippen LogP) is 4.28. The molecule has 2 aromatic rings. The van der Waals surface area contributed by atoms with Gasteiger partial charge in [-0.15, -0.1) is 0 Å². The van der Waals surface area contributed by atoms with Crippen LogP contribution in [0.1, 0.15) is 30.5 Å². The number of benzene rings is 2. The summed E-state index contributed by atoms with van der Waals surface area (Å²) >= 11 is 0. The second-order valence-corrected chi connectivity index (χ2v) is 8.98. The highest BCUT2D eigenvalue weighted by atomic mass is 32.2. The Balaban J connectivity index is 1.80. The van der Waals surface area contributed by atoms with Crippen LogP contribution in [-0.2, 0) is 10.0 Å². The minimum atomic E-state index is -3.56. The number of sulfonamides is 1. The van der Waals surface area contributed by atoms with Crippen molar-refractivity contribution in [3.05, 3.63) is 78.0 Å². The number of nitrogens with zero attached hydrogens (tertiary/aromatic N) is 1. The first-order valence-electron chi connectivity index (χ1n) is 8.26. The molecule has 1 saturated carbocycles. The molecule has 3 nitrogen and oxygen atoms in total. The molecule has 4 heteroatoms. The Morgan fingerprint density at radius 3 is 2.38 bits per heavy atom. The molecule has 0 saturated heterocycles. The fraction of sp³-hybridized carbons (Fsp3) is 0.300. The van der Waals surface area contributed by atoms with Crippen molar-refractivity contribution in [3.8, 4) is 0 Å². The van der Waals surface area contributed by atoms with Crippen molar-refractivity contribution in [3.63, 3.8) is 0 Å². The van der Waals surface area contributed by atoms with Crippen LogP contribution in [0.4, 0.5) is 0 Å². The molecule has 4 rings (SSSR count). The summed E-state index contributed by atoms with van der Waals surface area (Å²) in [6.07, 6.45) is 4.86. The van der Waals surface area contributed by atoms with E-state index in [1.165, 1.54) is 0 Å². The molecule has 1 aliphatic carbocycles. The van der Waals surface area contributed by atoms with Gasteiger partial charge in [-0.3, -0.25) is 4.31 Å². The quantitative estimate of drug-likeness (QED) is 0.837. The van der Waals surface area contributed by atoms with Crippen molar-refractivity contribution in [2.75, 3.05) is 0 Å². The van der Waals surface area contributed by atoms with Crippen LogP contribution in [0.15, 0.2) is 71.8 Å². The summed E-state index contributed by atoms with van der Waals surface area (Å²) in [5.41, 5.74) is 2.24. The summed E-state index contributed by atoms with van der Waals surface area (Å²) in [6, 6.07) is 16.9. The van der Waals surface area contributed by atoms with Crippen molar-refractivity contribution in [1.82, 2.24) is 4.31 Å². The third kappa shape index (κ3) is 2.37. The summed E-state index contributed by atoms with van der Waals surface area (Å²) in [5, 5.41) is 0. The molecule has 0 amide bonds. The zero-order chi connectivity index (χ0) is 16.9. The number of fused-ring (bicyclic) bond motifs is 1. The molecule has 0 N–H and O–H groups in total. The third-order valence-corrected chi connectivity index (χ3v) is 7.11. The van der Waals surface area contributed by atoms with E-state index in [-0.39, 0.29) is 11.5 Å². The van der Waals surface area contributed by atoms with Crippen molar-refractivity contribution in [2.24, 2.45) is 11.3 Å². The first-order valence-corrected chi connectivity index (χ1v) is 9.70. The number of hydrogen-bond donors (Lipinski definition) is 0. The number of hydrogen-bond acceptors (Lipinski definition) is 2. The van der Waals surface area contributed by atoms with Gasteiger partial charge in [0.15, 0.2) is 0 Å². The lowest BCUT2D eigenvalue weighted by Gasteiger charge is -2.34. The van der Waals surface area contributed by atoms with Crippen molar-refractivity contribution >= 4 is 10.0 Å². The Bertz CT molecular complexity index is 887. The third-order valence-electron chi connectivity index (χ3n) is 5.34. The number of rotatable bonds is 3. The molecule has 0 aromatic heterocycles. The van der Waals surface area contributed by atoms with Crippen LogP contribution in [0.25, 0.3) is 0 Å². The van der Waals surface area contributed by atoms with E-state index in [9.17, 15) is 8.42 Å². The van der Waals surface area contributed by atoms with Crippen LogP contribution in [0, 0.1) is 18.3 Å². The zero-order valence-corrected chi connectivity index (χ0v) is 14.7. The SMILES string of the molecule is Cc1ccc(S(=O)(=O)N2C=C[C@]3(C)C[C@@H]3[C@H]2c2ccccc2)cc1. The molecule has 2 aliphatic rings. The van der Waals surface area contributed by atoms with Crippen LogP contribution in [0.2, 0.25) is 0 Å². The maximum absolute atomic E-state index is 13.2. The number of allylic oxidation sites excluding steroid dienone is 1. The highest BCUT2D eigenvalue weighted by molar-refractivity contribution is 7.89. The minimum absolute atomic E-state index is 0.125. The second-order valence-electron chi connectivity index (χ2n) is 7.14. The first kappa shape index (κ1) is 15.5. The van der Waals surface area contributed by atoms with Gasteiger partial charge in [0.2, 0.25) is 0 Å². The van der Waals surface area contributed by atoms with Gasteiger partial charge in [0.1, 0.15) is 0 Å². The van der Waals surface area contributed by atoms with E-state index < -0.39 is 10.0 Å². The van der Waals surface area contributed by atoms with E-state index in [1.807, 2.05) is 49.4 Å². The summed E-state index contributed by atoms with van der Waals surface area (Å²) in [7, 11) is -3.56. The molecular formula is C20H21NO2S. The molecule has 0 radical (unpaired) electrons. The van der Waals surface area contributed by atoms with E-state index >= 15 is 0 Å². The highest BCUT2D eigenvalue weighted by Gasteiger charge is 2.57. The lowest BCUT2D eigenvalue weighted by molar-refractivity contribution is 0.323. The fourth-order valence-corrected chi connectivity index (χ4v) is 5.20. The maximum atomic E-state index is 13.2. The van der Waals surface area contributed by atoms with E-state index in [0.29, 0.717) is 10.8 Å². The molecule has 0 spiro atoms. The standard InChI is InChI=1S/C20H21NO2S/c1-15-8-10-17(11-9-15)24(22,23)21-13-12-20(2)14-18(20)19(21)16-6-4-3-5-7-16/h3-13,18-19H,14H2,1-2H3/t18-,19-,20-/m1/s1. The summed E-state index contributed by atoms with van der Waals surface area (Å²) < 4.78 is 28.0. The smallest absolute Gasteiger partial charge is 0.264 e. The zero-order valence-electron chi connectivity index (χ0n) is 13.9. The van der Waals surface area contributed by atoms with Crippen LogP contribution in [-0.4, -0.2) is 12.7 Å². The topological polar surface area (TPSA) is 37.4 Å². The van der Waals surface area contributed by atoms with E-state index in [1.54, 1.807) is 22.6 Å². The van der Waals surface area contributed by atoms with Gasteiger partial charge in [-0.05, 0) is 42.4 Å². The van der Waals surface area contributed by atoms with Crippen LogP contribution in [0.3, 0.4) is 0 Å². The minimum Gasteiger partial charge on any atom is -0.266 e. The average molecular weight is 339 g/mol. The van der Waals surface area contributed by atoms with Gasteiger partial charge in [-0.1, -0.05) is 61.0 Å². The van der Waals surface area contributed by atoms with Crippen molar-refractivity contribution < 1.29 is 8.42 Å². The van der Waals surface area contributed by atoms with Gasteiger partial charge in [0.25, 0.3) is 10.0 Å². The van der Waals surface area contributed by atoms with Gasteiger partial charge >= 0.3 is 0 Å². The predicted molar refractivity (Wildman–Crippen MR) is 94.7 cm³/mol. The molecule has 1 heterocycles. The Morgan fingerprint density at radius 1 is 1.04 bits per heavy atom. The summed E-state index contributed by atoms with van der Waals surface area (Å²) in [4.78, 5) is 0.350. The Hall–Kier alpha value is -2.07. The van der Waals surface area contributed by atoms with Crippen LogP contribution < -0.4 is 0 Å². The normalized spacial score (nSPS) is 28.5.